The fraction of sp³-hybridized carbons (Fsp3) is 0.312. The molecule has 0 bridgehead atoms. The second-order valence-electron chi connectivity index (χ2n) is 5.62. The molecule has 24 heavy (non-hydrogen) atoms. The third kappa shape index (κ3) is 3.05. The lowest BCUT2D eigenvalue weighted by Crippen LogP contribution is -2.17. The number of nitrogens with one attached hydrogen (secondary N) is 1. The highest BCUT2D eigenvalue weighted by atomic mass is 35.5. The average Bonchev–Trinajstić information content (AvgIpc) is 2.99. The molecule has 1 aromatic carbocycles. The molecule has 124 valence electrons. The van der Waals surface area contributed by atoms with Crippen LogP contribution >= 0.6 is 23.2 Å². The molecule has 1 fully saturated rings. The fourth-order valence-corrected chi connectivity index (χ4v) is 3.19. The lowest BCUT2D eigenvalue weighted by Gasteiger charge is -2.23. The highest BCUT2D eigenvalue weighted by molar-refractivity contribution is 6.30. The Morgan fingerprint density at radius 1 is 1.21 bits per heavy atom. The van der Waals surface area contributed by atoms with Gasteiger partial charge in [-0.3, -0.25) is 4.57 Å². The van der Waals surface area contributed by atoms with Gasteiger partial charge in [0.25, 0.3) is 0 Å². The number of fused-ring (bicyclic) bond motifs is 1. The van der Waals surface area contributed by atoms with Crippen molar-refractivity contribution >= 4 is 45.9 Å². The number of hydrogen-bond acceptors (Lipinski definition) is 5. The summed E-state index contributed by atoms with van der Waals surface area (Å²) in [6.07, 6.45) is 4.81. The first-order valence-electron chi connectivity index (χ1n) is 7.75. The summed E-state index contributed by atoms with van der Waals surface area (Å²) in [7, 11) is 0. The predicted octanol–water partition coefficient (Wildman–Crippen LogP) is 4.58. The second kappa shape index (κ2) is 6.55. The summed E-state index contributed by atoms with van der Waals surface area (Å²) in [5.74, 6) is 0.543. The van der Waals surface area contributed by atoms with Gasteiger partial charge in [0.05, 0.1) is 6.33 Å². The Hall–Kier alpha value is -1.89. The van der Waals surface area contributed by atoms with Crippen molar-refractivity contribution in [2.45, 2.75) is 25.5 Å². The van der Waals surface area contributed by atoms with E-state index >= 15 is 0 Å². The van der Waals surface area contributed by atoms with E-state index < -0.39 is 0 Å². The minimum absolute atomic E-state index is 0.0614. The minimum Gasteiger partial charge on any atom is -0.358 e. The van der Waals surface area contributed by atoms with Gasteiger partial charge >= 0.3 is 0 Å². The Bertz CT molecular complexity index is 876. The van der Waals surface area contributed by atoms with Gasteiger partial charge in [0, 0.05) is 17.3 Å². The van der Waals surface area contributed by atoms with Gasteiger partial charge in [0.1, 0.15) is 6.23 Å². The van der Waals surface area contributed by atoms with E-state index in [0.717, 1.165) is 31.6 Å². The molecule has 1 N–H and O–H groups in total. The molecule has 3 heterocycles. The van der Waals surface area contributed by atoms with Crippen molar-refractivity contribution in [1.29, 1.82) is 0 Å². The summed E-state index contributed by atoms with van der Waals surface area (Å²) in [5.41, 5.74) is 2.11. The zero-order valence-corrected chi connectivity index (χ0v) is 14.3. The van der Waals surface area contributed by atoms with E-state index in [0.29, 0.717) is 22.0 Å². The van der Waals surface area contributed by atoms with Gasteiger partial charge in [-0.15, -0.1) is 0 Å². The number of halogens is 2. The molecule has 8 heteroatoms. The number of rotatable bonds is 3. The van der Waals surface area contributed by atoms with Gasteiger partial charge < -0.3 is 10.1 Å². The number of aromatic nitrogens is 4. The van der Waals surface area contributed by atoms with Gasteiger partial charge in [-0.05, 0) is 49.1 Å². The largest absolute Gasteiger partial charge is 0.358 e. The van der Waals surface area contributed by atoms with Crippen molar-refractivity contribution in [2.24, 2.45) is 0 Å². The van der Waals surface area contributed by atoms with Crippen molar-refractivity contribution < 1.29 is 4.74 Å². The third-order valence-corrected chi connectivity index (χ3v) is 4.35. The van der Waals surface area contributed by atoms with Gasteiger partial charge in [-0.1, -0.05) is 17.7 Å². The SMILES string of the molecule is Clc1cccc(Nc2nc(Cl)nc3c2ncn3C2CCCCO2)c1. The van der Waals surface area contributed by atoms with Crippen LogP contribution in [0.5, 0.6) is 0 Å². The summed E-state index contributed by atoms with van der Waals surface area (Å²) in [4.78, 5) is 13.1. The Labute approximate surface area is 148 Å². The summed E-state index contributed by atoms with van der Waals surface area (Å²) < 4.78 is 7.75. The molecular formula is C16H15Cl2N5O. The molecule has 0 aliphatic carbocycles. The molecular weight excluding hydrogens is 349 g/mol. The number of nitrogens with zero attached hydrogens (tertiary/aromatic N) is 4. The molecule has 0 radical (unpaired) electrons. The van der Waals surface area contributed by atoms with Gasteiger partial charge in [0.15, 0.2) is 17.0 Å². The molecule has 0 saturated carbocycles. The maximum absolute atomic E-state index is 6.12. The zero-order chi connectivity index (χ0) is 16.5. The van der Waals surface area contributed by atoms with Crippen LogP contribution in [0.3, 0.4) is 0 Å². The van der Waals surface area contributed by atoms with E-state index in [2.05, 4.69) is 20.3 Å². The van der Waals surface area contributed by atoms with E-state index in [1.54, 1.807) is 6.33 Å². The molecule has 1 aliphatic heterocycles. The smallest absolute Gasteiger partial charge is 0.226 e. The summed E-state index contributed by atoms with van der Waals surface area (Å²) in [5, 5.41) is 4.00. The molecule has 1 saturated heterocycles. The predicted molar refractivity (Wildman–Crippen MR) is 93.9 cm³/mol. The Balaban J connectivity index is 1.74. The molecule has 0 amide bonds. The van der Waals surface area contributed by atoms with Crippen LogP contribution in [0.15, 0.2) is 30.6 Å². The lowest BCUT2D eigenvalue weighted by atomic mass is 10.2. The van der Waals surface area contributed by atoms with Crippen LogP contribution in [0.25, 0.3) is 11.2 Å². The number of ether oxygens (including phenoxy) is 1. The monoisotopic (exact) mass is 363 g/mol. The summed E-state index contributed by atoms with van der Waals surface area (Å²) in [6, 6.07) is 7.38. The molecule has 1 unspecified atom stereocenters. The third-order valence-electron chi connectivity index (χ3n) is 3.95. The van der Waals surface area contributed by atoms with Crippen LogP contribution in [0.1, 0.15) is 25.5 Å². The van der Waals surface area contributed by atoms with Crippen molar-refractivity contribution in [1.82, 2.24) is 19.5 Å². The lowest BCUT2D eigenvalue weighted by molar-refractivity contribution is -0.0298. The first-order chi connectivity index (χ1) is 11.7. The van der Waals surface area contributed by atoms with Crippen LogP contribution in [0.4, 0.5) is 11.5 Å². The molecule has 3 aromatic rings. The van der Waals surface area contributed by atoms with Crippen molar-refractivity contribution in [3.63, 3.8) is 0 Å². The average molecular weight is 364 g/mol. The maximum Gasteiger partial charge on any atom is 0.226 e. The van der Waals surface area contributed by atoms with E-state index in [9.17, 15) is 0 Å². The van der Waals surface area contributed by atoms with Crippen molar-refractivity contribution in [3.05, 3.63) is 40.9 Å². The molecule has 1 atom stereocenters. The number of anilines is 2. The highest BCUT2D eigenvalue weighted by Crippen LogP contribution is 2.30. The van der Waals surface area contributed by atoms with E-state index in [4.69, 9.17) is 27.9 Å². The first-order valence-corrected chi connectivity index (χ1v) is 8.50. The maximum atomic E-state index is 6.12. The van der Waals surface area contributed by atoms with Crippen molar-refractivity contribution in [2.75, 3.05) is 11.9 Å². The molecule has 1 aliphatic rings. The number of benzene rings is 1. The van der Waals surface area contributed by atoms with Gasteiger partial charge in [-0.2, -0.15) is 9.97 Å². The fourth-order valence-electron chi connectivity index (χ4n) is 2.83. The Morgan fingerprint density at radius 3 is 2.92 bits per heavy atom. The molecule has 6 nitrogen and oxygen atoms in total. The summed E-state index contributed by atoms with van der Waals surface area (Å²) >= 11 is 12.2. The normalized spacial score (nSPS) is 18.0. The molecule has 4 rings (SSSR count). The second-order valence-corrected chi connectivity index (χ2v) is 6.40. The topological polar surface area (TPSA) is 64.9 Å². The quantitative estimate of drug-likeness (QED) is 0.690. The van der Waals surface area contributed by atoms with Crippen LogP contribution in [0, 0.1) is 0 Å². The highest BCUT2D eigenvalue weighted by Gasteiger charge is 2.21. The van der Waals surface area contributed by atoms with Gasteiger partial charge in [-0.25, -0.2) is 4.98 Å². The van der Waals surface area contributed by atoms with Crippen LogP contribution in [0.2, 0.25) is 10.3 Å². The van der Waals surface area contributed by atoms with E-state index in [1.807, 2.05) is 28.8 Å². The van der Waals surface area contributed by atoms with Crippen LogP contribution < -0.4 is 5.32 Å². The zero-order valence-electron chi connectivity index (χ0n) is 12.7. The Kier molecular flexibility index (Phi) is 4.26. The first kappa shape index (κ1) is 15.6. The van der Waals surface area contributed by atoms with Crippen molar-refractivity contribution in [3.8, 4) is 0 Å². The molecule has 2 aromatic heterocycles. The number of imidazole rings is 1. The minimum atomic E-state index is -0.0614. The van der Waals surface area contributed by atoms with Gasteiger partial charge in [0.2, 0.25) is 5.28 Å². The van der Waals surface area contributed by atoms with E-state index in [1.165, 1.54) is 0 Å². The van der Waals surface area contributed by atoms with E-state index in [-0.39, 0.29) is 11.5 Å². The van der Waals surface area contributed by atoms with Crippen LogP contribution in [-0.4, -0.2) is 26.1 Å². The molecule has 0 spiro atoms. The van der Waals surface area contributed by atoms with Crippen LogP contribution in [-0.2, 0) is 4.74 Å². The number of hydrogen-bond donors (Lipinski definition) is 1. The summed E-state index contributed by atoms with van der Waals surface area (Å²) in [6.45, 7) is 0.747. The Morgan fingerprint density at radius 2 is 2.12 bits per heavy atom. The standard InChI is InChI=1S/C16H15Cl2N5O/c17-10-4-3-5-11(8-10)20-14-13-15(22-16(18)21-14)23(9-19-13)12-6-1-2-7-24-12/h3-5,8-9,12H,1-2,6-7H2,(H,20,21,22).